The molecule has 1 aliphatic heterocycles. The maximum atomic E-state index is 12.2. The number of aliphatic carboxylic acids is 1. The summed E-state index contributed by atoms with van der Waals surface area (Å²) in [4.78, 5) is 32.5. The molecule has 2 rings (SSSR count). The minimum atomic E-state index is -1.48. The van der Waals surface area contributed by atoms with E-state index in [1.807, 2.05) is 0 Å². The predicted molar refractivity (Wildman–Crippen MR) is 107 cm³/mol. The number of nitrogens with one attached hydrogen (secondary N) is 1. The number of aliphatic imine (C=N–C) groups is 1. The van der Waals surface area contributed by atoms with Crippen molar-refractivity contribution in [1.29, 1.82) is 5.41 Å². The fourth-order valence-electron chi connectivity index (χ4n) is 2.70. The minimum absolute atomic E-state index is 0. The van der Waals surface area contributed by atoms with Crippen LogP contribution >= 0.6 is 0 Å². The Morgan fingerprint density at radius 2 is 2.19 bits per heavy atom. The zero-order valence-corrected chi connectivity index (χ0v) is 19.3. The average molecular weight is 444 g/mol. The van der Waals surface area contributed by atoms with Crippen LogP contribution in [-0.2, 0) is 9.53 Å². The van der Waals surface area contributed by atoms with Gasteiger partial charge in [-0.05, 0) is 30.9 Å². The Kier molecular flexibility index (Phi) is 10.1. The second kappa shape index (κ2) is 11.8. The molecule has 0 aliphatic carbocycles. The van der Waals surface area contributed by atoms with E-state index in [-0.39, 0.29) is 47.8 Å². The summed E-state index contributed by atoms with van der Waals surface area (Å²) in [6, 6.07) is -0.234. The fraction of sp³-hybridized carbons (Fsp3) is 0.471. The molecule has 13 nitrogen and oxygen atoms in total. The predicted octanol–water partition coefficient (Wildman–Crippen LogP) is -5.57. The van der Waals surface area contributed by atoms with Gasteiger partial charge in [0.25, 0.3) is 0 Å². The van der Waals surface area contributed by atoms with Crippen LogP contribution in [0.15, 0.2) is 34.2 Å². The molecule has 14 heteroatoms. The number of carboxylic acids is 1. The number of anilines is 1. The van der Waals surface area contributed by atoms with Crippen LogP contribution in [0.4, 0.5) is 5.82 Å². The first-order valence-corrected chi connectivity index (χ1v) is 9.04. The Labute approximate surface area is 200 Å². The third-order valence-corrected chi connectivity index (χ3v) is 4.41. The molecule has 0 unspecified atom stereocenters. The molecule has 1 aromatic heterocycles. The first-order chi connectivity index (χ1) is 14.1. The van der Waals surface area contributed by atoms with Crippen LogP contribution in [0.1, 0.15) is 19.1 Å². The number of guanidine groups is 1. The number of nitrogens with two attached hydrogens (primary N) is 3. The Morgan fingerprint density at radius 1 is 1.52 bits per heavy atom. The standard InChI is InChI=1S/C17H26N8O5.Na/c1-24(16(20)21)6-4-9(18)8-12(26)22-10-2-3-13(30-14(10)15(27)28)25-7-5-11(19)23-17(25)29;/h2-3,5,7,9-10,13-14H,4,6,8,18H2,1H3,(H3,20,21)(H,22,26)(H,27,28)(H2,19,23,29);/q;+1/p-1/t9-,10-,13+,14-;/m0./s1. The second-order valence-corrected chi connectivity index (χ2v) is 6.79. The van der Waals surface area contributed by atoms with E-state index < -0.39 is 42.0 Å². The quantitative estimate of drug-likeness (QED) is 0.111. The van der Waals surface area contributed by atoms with Crippen LogP contribution in [0.25, 0.3) is 0 Å². The summed E-state index contributed by atoms with van der Waals surface area (Å²) in [6.45, 7) is 0.389. The SMILES string of the molecule is CN(CC[C@H](N)CC([O-])=N[C@H]1C=C[C@H](n2ccc(N)nc2=O)O[C@@H]1C(=O)O)C(=N)N.[Na+]. The van der Waals surface area contributed by atoms with E-state index in [1.54, 1.807) is 7.05 Å². The van der Waals surface area contributed by atoms with E-state index in [2.05, 4.69) is 9.98 Å². The van der Waals surface area contributed by atoms with Crippen LogP contribution in [-0.4, -0.2) is 69.2 Å². The number of carbonyl (C=O) groups is 1. The average Bonchev–Trinajstić information content (AvgIpc) is 2.66. The van der Waals surface area contributed by atoms with Gasteiger partial charge in [-0.2, -0.15) is 4.98 Å². The number of nitrogen functional groups attached to an aromatic ring is 1. The van der Waals surface area contributed by atoms with Gasteiger partial charge in [0.1, 0.15) is 11.9 Å². The zero-order valence-electron chi connectivity index (χ0n) is 17.3. The summed E-state index contributed by atoms with van der Waals surface area (Å²) in [7, 11) is 1.63. The van der Waals surface area contributed by atoms with Gasteiger partial charge in [0.2, 0.25) is 0 Å². The smallest absolute Gasteiger partial charge is 0.862 e. The van der Waals surface area contributed by atoms with Crippen molar-refractivity contribution in [2.45, 2.75) is 37.3 Å². The second-order valence-electron chi connectivity index (χ2n) is 6.79. The van der Waals surface area contributed by atoms with Crippen LogP contribution in [0, 0.1) is 5.41 Å². The van der Waals surface area contributed by atoms with Crippen molar-refractivity contribution in [3.8, 4) is 0 Å². The molecule has 31 heavy (non-hydrogen) atoms. The van der Waals surface area contributed by atoms with E-state index in [1.165, 1.54) is 29.3 Å². The van der Waals surface area contributed by atoms with Gasteiger partial charge >= 0.3 is 41.2 Å². The van der Waals surface area contributed by atoms with Crippen LogP contribution in [0.3, 0.4) is 0 Å². The molecule has 2 heterocycles. The van der Waals surface area contributed by atoms with Crippen LogP contribution in [0.5, 0.6) is 0 Å². The van der Waals surface area contributed by atoms with E-state index >= 15 is 0 Å². The summed E-state index contributed by atoms with van der Waals surface area (Å²) in [5.74, 6) is -2.01. The zero-order chi connectivity index (χ0) is 22.4. The third kappa shape index (κ3) is 7.63. The van der Waals surface area contributed by atoms with Gasteiger partial charge in [0.05, 0.1) is 0 Å². The molecule has 4 atom stereocenters. The number of carboxylic acid groups (broad SMARTS) is 1. The molecule has 0 amide bonds. The van der Waals surface area contributed by atoms with Gasteiger partial charge in [-0.25, -0.2) is 9.59 Å². The van der Waals surface area contributed by atoms with E-state index in [0.29, 0.717) is 13.0 Å². The number of nitrogens with zero attached hydrogens (tertiary/aromatic N) is 4. The van der Waals surface area contributed by atoms with Crippen molar-refractivity contribution in [2.75, 3.05) is 19.3 Å². The Hall–Kier alpha value is -2.45. The van der Waals surface area contributed by atoms with Crippen molar-refractivity contribution in [1.82, 2.24) is 14.5 Å². The van der Waals surface area contributed by atoms with Gasteiger partial charge in [-0.3, -0.25) is 15.0 Å². The monoisotopic (exact) mass is 444 g/mol. The molecular weight excluding hydrogens is 419 g/mol. The maximum absolute atomic E-state index is 12.2. The Morgan fingerprint density at radius 3 is 2.77 bits per heavy atom. The molecule has 8 N–H and O–H groups in total. The van der Waals surface area contributed by atoms with Gasteiger partial charge < -0.3 is 37.1 Å². The summed E-state index contributed by atoms with van der Waals surface area (Å²) >= 11 is 0. The summed E-state index contributed by atoms with van der Waals surface area (Å²) in [5, 5.41) is 29.0. The normalized spacial score (nSPS) is 21.7. The van der Waals surface area contributed by atoms with Gasteiger partial charge in [0, 0.05) is 25.8 Å². The summed E-state index contributed by atoms with van der Waals surface area (Å²) in [5.41, 5.74) is 16.0. The molecule has 0 bridgehead atoms. The van der Waals surface area contributed by atoms with Crippen LogP contribution < -0.4 is 57.6 Å². The number of rotatable bonds is 8. The van der Waals surface area contributed by atoms with E-state index in [0.717, 1.165) is 4.57 Å². The topological polar surface area (TPSA) is 222 Å². The third-order valence-electron chi connectivity index (χ3n) is 4.41. The van der Waals surface area contributed by atoms with Gasteiger partial charge in [0.15, 0.2) is 18.3 Å². The maximum Gasteiger partial charge on any atom is 1.00 e. The van der Waals surface area contributed by atoms with Crippen LogP contribution in [0.2, 0.25) is 0 Å². The summed E-state index contributed by atoms with van der Waals surface area (Å²) in [6.07, 6.45) is 1.92. The molecule has 1 aromatic rings. The Balaban J connectivity index is 0.00000480. The van der Waals surface area contributed by atoms with Gasteiger partial charge in [-0.15, -0.1) is 0 Å². The van der Waals surface area contributed by atoms with Crippen molar-refractivity contribution in [2.24, 2.45) is 16.5 Å². The van der Waals surface area contributed by atoms with Crippen molar-refractivity contribution >= 4 is 23.6 Å². The molecule has 0 aromatic carbocycles. The fourth-order valence-corrected chi connectivity index (χ4v) is 2.70. The molecule has 0 radical (unpaired) electrons. The molecule has 0 fully saturated rings. The molecule has 164 valence electrons. The molecule has 0 saturated heterocycles. The van der Waals surface area contributed by atoms with Gasteiger partial charge in [-0.1, -0.05) is 6.08 Å². The Bertz CT molecular complexity index is 905. The molecular formula is C17H25N8NaO5. The molecule has 0 saturated carbocycles. The van der Waals surface area contributed by atoms with Crippen molar-refractivity contribution < 1.29 is 49.3 Å². The van der Waals surface area contributed by atoms with Crippen molar-refractivity contribution in [3.63, 3.8) is 0 Å². The summed E-state index contributed by atoms with van der Waals surface area (Å²) < 4.78 is 6.52. The number of aromatic nitrogens is 2. The first-order valence-electron chi connectivity index (χ1n) is 9.04. The molecule has 0 spiro atoms. The molecule has 1 aliphatic rings. The first kappa shape index (κ1) is 26.6. The number of hydrogen-bond acceptors (Lipinski definition) is 9. The number of hydrogen-bond donors (Lipinski definition) is 5. The number of ether oxygens (including phenoxy) is 1. The minimum Gasteiger partial charge on any atom is -0.862 e. The van der Waals surface area contributed by atoms with E-state index in [9.17, 15) is 19.8 Å². The largest absolute Gasteiger partial charge is 1.00 e. The van der Waals surface area contributed by atoms with Crippen molar-refractivity contribution in [3.05, 3.63) is 34.9 Å². The van der Waals surface area contributed by atoms with E-state index in [4.69, 9.17) is 27.3 Å².